The van der Waals surface area contributed by atoms with Crippen molar-refractivity contribution in [3.63, 3.8) is 0 Å². The summed E-state index contributed by atoms with van der Waals surface area (Å²) in [6.45, 7) is 7.42. The van der Waals surface area contributed by atoms with Gasteiger partial charge in [-0.25, -0.2) is 9.78 Å². The third-order valence-electron chi connectivity index (χ3n) is 2.11. The van der Waals surface area contributed by atoms with E-state index in [2.05, 4.69) is 9.97 Å². The molecule has 5 heteroatoms. The lowest BCUT2D eigenvalue weighted by atomic mass is 9.88. The Labute approximate surface area is 94.5 Å². The molecule has 1 heterocycles. The Balaban J connectivity index is 3.57. The summed E-state index contributed by atoms with van der Waals surface area (Å²) in [6, 6.07) is 0. The molecule has 0 amide bonds. The molecule has 0 unspecified atom stereocenters. The van der Waals surface area contributed by atoms with Crippen LogP contribution < -0.4 is 4.74 Å². The lowest BCUT2D eigenvalue weighted by Crippen LogP contribution is -2.21. The molecule has 16 heavy (non-hydrogen) atoms. The number of aromatic carboxylic acids is 1. The Morgan fingerprint density at radius 2 is 1.88 bits per heavy atom. The number of rotatable bonds is 2. The van der Waals surface area contributed by atoms with Gasteiger partial charge in [-0.2, -0.15) is 4.98 Å². The van der Waals surface area contributed by atoms with E-state index in [-0.39, 0.29) is 16.9 Å². The normalized spacial score (nSPS) is 11.3. The number of methoxy groups -OCH3 is 1. The first-order valence-electron chi connectivity index (χ1n) is 4.93. The molecular weight excluding hydrogens is 208 g/mol. The van der Waals surface area contributed by atoms with Crippen molar-refractivity contribution in [1.29, 1.82) is 0 Å². The SMILES string of the molecule is COc1nc(C)nc(C(C)(C)C)c1C(=O)O. The fraction of sp³-hybridized carbons (Fsp3) is 0.545. The van der Waals surface area contributed by atoms with Crippen LogP contribution >= 0.6 is 0 Å². The quantitative estimate of drug-likeness (QED) is 0.829. The van der Waals surface area contributed by atoms with Crippen molar-refractivity contribution in [2.75, 3.05) is 7.11 Å². The standard InChI is InChI=1S/C11H16N2O3/c1-6-12-8(11(2,3)4)7(10(14)15)9(13-6)16-5/h1-5H3,(H,14,15). The molecule has 1 rings (SSSR count). The summed E-state index contributed by atoms with van der Waals surface area (Å²) >= 11 is 0. The lowest BCUT2D eigenvalue weighted by molar-refractivity contribution is 0.0688. The molecule has 1 N–H and O–H groups in total. The van der Waals surface area contributed by atoms with Gasteiger partial charge in [0.15, 0.2) is 0 Å². The maximum absolute atomic E-state index is 11.2. The van der Waals surface area contributed by atoms with Crippen molar-refractivity contribution < 1.29 is 14.6 Å². The zero-order valence-electron chi connectivity index (χ0n) is 10.2. The maximum atomic E-state index is 11.2. The molecular formula is C11H16N2O3. The Bertz CT molecular complexity index is 422. The third kappa shape index (κ3) is 2.29. The van der Waals surface area contributed by atoms with Crippen LogP contribution in [0.2, 0.25) is 0 Å². The van der Waals surface area contributed by atoms with Crippen LogP contribution in [0.15, 0.2) is 0 Å². The van der Waals surface area contributed by atoms with Crippen molar-refractivity contribution in [2.45, 2.75) is 33.1 Å². The summed E-state index contributed by atoms with van der Waals surface area (Å²) in [4.78, 5) is 19.4. The van der Waals surface area contributed by atoms with Gasteiger partial charge in [0, 0.05) is 5.41 Å². The van der Waals surface area contributed by atoms with Gasteiger partial charge in [-0.3, -0.25) is 0 Å². The van der Waals surface area contributed by atoms with Gasteiger partial charge in [-0.05, 0) is 6.92 Å². The predicted octanol–water partition coefficient (Wildman–Crippen LogP) is 1.79. The molecule has 0 saturated carbocycles. The number of aryl methyl sites for hydroxylation is 1. The second-order valence-electron chi connectivity index (χ2n) is 4.56. The molecule has 0 aliphatic carbocycles. The van der Waals surface area contributed by atoms with Crippen LogP contribution in [-0.2, 0) is 5.41 Å². The van der Waals surface area contributed by atoms with E-state index >= 15 is 0 Å². The summed E-state index contributed by atoms with van der Waals surface area (Å²) in [5.41, 5.74) is 0.166. The van der Waals surface area contributed by atoms with Crippen molar-refractivity contribution in [3.05, 3.63) is 17.1 Å². The Morgan fingerprint density at radius 1 is 1.31 bits per heavy atom. The zero-order chi connectivity index (χ0) is 12.5. The van der Waals surface area contributed by atoms with E-state index in [9.17, 15) is 9.90 Å². The number of aromatic nitrogens is 2. The second-order valence-corrected chi connectivity index (χ2v) is 4.56. The van der Waals surface area contributed by atoms with E-state index in [0.29, 0.717) is 11.5 Å². The second kappa shape index (κ2) is 4.08. The van der Waals surface area contributed by atoms with Gasteiger partial charge in [0.05, 0.1) is 12.8 Å². The van der Waals surface area contributed by atoms with Crippen molar-refractivity contribution >= 4 is 5.97 Å². The molecule has 88 valence electrons. The van der Waals surface area contributed by atoms with E-state index in [1.165, 1.54) is 7.11 Å². The number of carboxylic acids is 1. The fourth-order valence-electron chi connectivity index (χ4n) is 1.43. The highest BCUT2D eigenvalue weighted by atomic mass is 16.5. The first kappa shape index (κ1) is 12.4. The van der Waals surface area contributed by atoms with E-state index in [4.69, 9.17) is 4.74 Å². The summed E-state index contributed by atoms with van der Waals surface area (Å²) in [5.74, 6) is -0.446. The molecule has 0 aromatic carbocycles. The molecule has 1 aromatic heterocycles. The molecule has 1 aromatic rings. The van der Waals surface area contributed by atoms with Crippen molar-refractivity contribution in [1.82, 2.24) is 9.97 Å². The Kier molecular flexibility index (Phi) is 3.16. The highest BCUT2D eigenvalue weighted by Crippen LogP contribution is 2.28. The van der Waals surface area contributed by atoms with Crippen LogP contribution in [0.4, 0.5) is 0 Å². The van der Waals surface area contributed by atoms with Crippen LogP contribution in [0.5, 0.6) is 5.88 Å². The lowest BCUT2D eigenvalue weighted by Gasteiger charge is -2.21. The largest absolute Gasteiger partial charge is 0.480 e. The number of carboxylic acid groups (broad SMARTS) is 1. The molecule has 5 nitrogen and oxygen atoms in total. The van der Waals surface area contributed by atoms with Gasteiger partial charge in [0.2, 0.25) is 5.88 Å². The Hall–Kier alpha value is -1.65. The first-order valence-corrected chi connectivity index (χ1v) is 4.93. The maximum Gasteiger partial charge on any atom is 0.343 e. The number of hydrogen-bond donors (Lipinski definition) is 1. The van der Waals surface area contributed by atoms with Crippen molar-refractivity contribution in [2.24, 2.45) is 0 Å². The summed E-state index contributed by atoms with van der Waals surface area (Å²) < 4.78 is 4.99. The van der Waals surface area contributed by atoms with Gasteiger partial charge in [-0.1, -0.05) is 20.8 Å². The highest BCUT2D eigenvalue weighted by molar-refractivity contribution is 5.91. The van der Waals surface area contributed by atoms with Crippen LogP contribution in [0.3, 0.4) is 0 Å². The average Bonchev–Trinajstić information content (AvgIpc) is 2.14. The van der Waals surface area contributed by atoms with E-state index in [0.717, 1.165) is 0 Å². The molecule has 0 aliphatic heterocycles. The van der Waals surface area contributed by atoms with Gasteiger partial charge in [0.1, 0.15) is 11.4 Å². The first-order chi connectivity index (χ1) is 7.27. The molecule has 0 bridgehead atoms. The average molecular weight is 224 g/mol. The van der Waals surface area contributed by atoms with Crippen LogP contribution in [0, 0.1) is 6.92 Å². The van der Waals surface area contributed by atoms with Crippen molar-refractivity contribution in [3.8, 4) is 5.88 Å². The smallest absolute Gasteiger partial charge is 0.343 e. The molecule has 0 radical (unpaired) electrons. The predicted molar refractivity (Wildman–Crippen MR) is 59.0 cm³/mol. The van der Waals surface area contributed by atoms with Crippen LogP contribution in [0.25, 0.3) is 0 Å². The third-order valence-corrected chi connectivity index (χ3v) is 2.11. The molecule has 0 fully saturated rings. The van der Waals surface area contributed by atoms with Gasteiger partial charge in [-0.15, -0.1) is 0 Å². The minimum absolute atomic E-state index is 0.0422. The monoisotopic (exact) mass is 224 g/mol. The molecule has 0 saturated heterocycles. The van der Waals surface area contributed by atoms with E-state index in [1.807, 2.05) is 20.8 Å². The van der Waals surface area contributed by atoms with E-state index < -0.39 is 5.97 Å². The van der Waals surface area contributed by atoms with E-state index in [1.54, 1.807) is 6.92 Å². The summed E-state index contributed by atoms with van der Waals surface area (Å²) in [7, 11) is 1.40. The number of ether oxygens (including phenoxy) is 1. The van der Waals surface area contributed by atoms with Gasteiger partial charge in [0.25, 0.3) is 0 Å². The van der Waals surface area contributed by atoms with Crippen LogP contribution in [0.1, 0.15) is 42.6 Å². The summed E-state index contributed by atoms with van der Waals surface area (Å²) in [5, 5.41) is 9.17. The topological polar surface area (TPSA) is 72.3 Å². The highest BCUT2D eigenvalue weighted by Gasteiger charge is 2.28. The Morgan fingerprint density at radius 3 is 2.25 bits per heavy atom. The van der Waals surface area contributed by atoms with Gasteiger partial charge >= 0.3 is 5.97 Å². The fourth-order valence-corrected chi connectivity index (χ4v) is 1.43. The number of nitrogens with zero attached hydrogens (tertiary/aromatic N) is 2. The molecule has 0 aliphatic rings. The van der Waals surface area contributed by atoms with Gasteiger partial charge < -0.3 is 9.84 Å². The summed E-state index contributed by atoms with van der Waals surface area (Å²) in [6.07, 6.45) is 0. The number of hydrogen-bond acceptors (Lipinski definition) is 4. The number of carbonyl (C=O) groups is 1. The molecule has 0 atom stereocenters. The minimum Gasteiger partial charge on any atom is -0.480 e. The molecule has 0 spiro atoms. The zero-order valence-corrected chi connectivity index (χ0v) is 10.2. The van der Waals surface area contributed by atoms with Crippen LogP contribution in [-0.4, -0.2) is 28.2 Å². The minimum atomic E-state index is -1.07.